The number of fused-ring (bicyclic) bond motifs is 2. The van der Waals surface area contributed by atoms with E-state index in [4.69, 9.17) is 10.8 Å². The number of likely N-dealkylation sites (tertiary alicyclic amines) is 1. The van der Waals surface area contributed by atoms with Gasteiger partial charge < -0.3 is 16.0 Å². The van der Waals surface area contributed by atoms with Crippen LogP contribution >= 0.6 is 0 Å². The highest BCUT2D eigenvalue weighted by atomic mass is 19.1. The molecule has 1 spiro atoms. The molecule has 2 amide bonds. The van der Waals surface area contributed by atoms with Crippen LogP contribution in [-0.2, 0) is 17.5 Å². The highest BCUT2D eigenvalue weighted by Gasteiger charge is 2.51. The number of anilines is 1. The van der Waals surface area contributed by atoms with E-state index in [2.05, 4.69) is 16.4 Å². The van der Waals surface area contributed by atoms with Crippen molar-refractivity contribution in [3.8, 4) is 17.3 Å². The number of benzene rings is 1. The van der Waals surface area contributed by atoms with Crippen LogP contribution in [-0.4, -0.2) is 38.8 Å². The third-order valence-electron chi connectivity index (χ3n) is 6.72. The molecule has 1 aromatic carbocycles. The molecule has 1 saturated heterocycles. The molecule has 4 heterocycles. The zero-order valence-electron chi connectivity index (χ0n) is 18.5. The van der Waals surface area contributed by atoms with Crippen molar-refractivity contribution < 1.29 is 9.18 Å². The lowest BCUT2D eigenvalue weighted by atomic mass is 9.76. The Labute approximate surface area is 190 Å². The summed E-state index contributed by atoms with van der Waals surface area (Å²) in [6, 6.07) is 11.8. The van der Waals surface area contributed by atoms with E-state index in [-0.39, 0.29) is 23.1 Å². The SMILES string of the molecule is CC(C)(NC(=O)N1CC2(CCn3nc(-c4cnc(N)c(C#N)c4)cc32)C1)c1ccc(F)cc1. The molecule has 33 heavy (non-hydrogen) atoms. The molecule has 8 nitrogen and oxygen atoms in total. The van der Waals surface area contributed by atoms with Gasteiger partial charge in [-0.1, -0.05) is 12.1 Å². The third-order valence-corrected chi connectivity index (χ3v) is 6.72. The Morgan fingerprint density at radius 1 is 1.27 bits per heavy atom. The quantitative estimate of drug-likeness (QED) is 0.643. The summed E-state index contributed by atoms with van der Waals surface area (Å²) in [5, 5.41) is 17.0. The maximum absolute atomic E-state index is 13.3. The minimum Gasteiger partial charge on any atom is -0.383 e. The summed E-state index contributed by atoms with van der Waals surface area (Å²) < 4.78 is 15.2. The lowest BCUT2D eigenvalue weighted by Gasteiger charge is -2.48. The normalized spacial score (nSPS) is 16.2. The maximum Gasteiger partial charge on any atom is 0.318 e. The van der Waals surface area contributed by atoms with Gasteiger partial charge >= 0.3 is 6.03 Å². The number of rotatable bonds is 3. The van der Waals surface area contributed by atoms with E-state index in [1.807, 2.05) is 24.6 Å². The van der Waals surface area contributed by atoms with E-state index in [1.54, 1.807) is 29.3 Å². The maximum atomic E-state index is 13.3. The molecule has 0 unspecified atom stereocenters. The fourth-order valence-electron chi connectivity index (χ4n) is 4.74. The number of urea groups is 1. The number of halogens is 1. The molecular weight excluding hydrogens is 421 g/mol. The molecule has 3 N–H and O–H groups in total. The first-order chi connectivity index (χ1) is 15.7. The average molecular weight is 446 g/mol. The molecule has 0 atom stereocenters. The Morgan fingerprint density at radius 2 is 2.00 bits per heavy atom. The second kappa shape index (κ2) is 7.30. The van der Waals surface area contributed by atoms with Gasteiger partial charge in [0.2, 0.25) is 0 Å². The predicted octanol–water partition coefficient (Wildman–Crippen LogP) is 3.14. The second-order valence-electron chi connectivity index (χ2n) is 9.35. The molecular formula is C24H24FN7O. The van der Waals surface area contributed by atoms with Gasteiger partial charge in [0.25, 0.3) is 0 Å². The number of pyridine rings is 1. The molecule has 2 aliphatic rings. The van der Waals surface area contributed by atoms with Crippen molar-refractivity contribution in [3.05, 3.63) is 65.2 Å². The van der Waals surface area contributed by atoms with Gasteiger partial charge in [0, 0.05) is 42.5 Å². The largest absolute Gasteiger partial charge is 0.383 e. The number of carbonyl (C=O) groups excluding carboxylic acids is 1. The molecule has 1 fully saturated rings. The average Bonchev–Trinajstić information content (AvgIpc) is 3.32. The van der Waals surface area contributed by atoms with Gasteiger partial charge in [-0.25, -0.2) is 14.2 Å². The van der Waals surface area contributed by atoms with Crippen molar-refractivity contribution in [2.24, 2.45) is 0 Å². The van der Waals surface area contributed by atoms with Gasteiger partial charge in [-0.2, -0.15) is 10.4 Å². The number of carbonyl (C=O) groups is 1. The summed E-state index contributed by atoms with van der Waals surface area (Å²) in [6.45, 7) is 5.79. The Morgan fingerprint density at radius 3 is 2.70 bits per heavy atom. The molecule has 0 bridgehead atoms. The molecule has 9 heteroatoms. The van der Waals surface area contributed by atoms with E-state index >= 15 is 0 Å². The van der Waals surface area contributed by atoms with Crippen LogP contribution in [0.3, 0.4) is 0 Å². The number of amides is 2. The summed E-state index contributed by atoms with van der Waals surface area (Å²) in [6.07, 6.45) is 2.54. The van der Waals surface area contributed by atoms with Gasteiger partial charge in [-0.15, -0.1) is 0 Å². The van der Waals surface area contributed by atoms with E-state index in [0.29, 0.717) is 18.7 Å². The smallest absolute Gasteiger partial charge is 0.318 e. The first kappa shape index (κ1) is 20.9. The Hall–Kier alpha value is -3.93. The van der Waals surface area contributed by atoms with Crippen LogP contribution in [0.25, 0.3) is 11.3 Å². The molecule has 168 valence electrons. The van der Waals surface area contributed by atoms with E-state index < -0.39 is 5.54 Å². The molecule has 0 aliphatic carbocycles. The van der Waals surface area contributed by atoms with Crippen LogP contribution in [0.5, 0.6) is 0 Å². The van der Waals surface area contributed by atoms with Crippen LogP contribution < -0.4 is 11.1 Å². The first-order valence-corrected chi connectivity index (χ1v) is 10.8. The van der Waals surface area contributed by atoms with Crippen molar-refractivity contribution in [2.45, 2.75) is 37.8 Å². The molecule has 5 rings (SSSR count). The lowest BCUT2D eigenvalue weighted by Crippen LogP contribution is -2.64. The molecule has 3 aromatic rings. The Balaban J connectivity index is 1.30. The zero-order valence-corrected chi connectivity index (χ0v) is 18.5. The van der Waals surface area contributed by atoms with Gasteiger partial charge in [0.1, 0.15) is 17.7 Å². The van der Waals surface area contributed by atoms with Crippen molar-refractivity contribution >= 4 is 11.8 Å². The lowest BCUT2D eigenvalue weighted by molar-refractivity contribution is 0.0871. The summed E-state index contributed by atoms with van der Waals surface area (Å²) in [7, 11) is 0. The van der Waals surface area contributed by atoms with Gasteiger partial charge in [0.15, 0.2) is 0 Å². The monoisotopic (exact) mass is 445 g/mol. The van der Waals surface area contributed by atoms with Crippen LogP contribution in [0.2, 0.25) is 0 Å². The zero-order chi connectivity index (χ0) is 23.4. The van der Waals surface area contributed by atoms with Crippen molar-refractivity contribution in [1.29, 1.82) is 5.26 Å². The van der Waals surface area contributed by atoms with Crippen LogP contribution in [0.15, 0.2) is 42.6 Å². The number of nitrogens with one attached hydrogen (secondary N) is 1. The summed E-state index contributed by atoms with van der Waals surface area (Å²) in [5.74, 6) is -0.102. The number of nitrogens with two attached hydrogens (primary N) is 1. The molecule has 2 aliphatic heterocycles. The van der Waals surface area contributed by atoms with Crippen LogP contribution in [0.1, 0.15) is 37.1 Å². The molecule has 0 saturated carbocycles. The van der Waals surface area contributed by atoms with Crippen LogP contribution in [0, 0.1) is 17.1 Å². The number of aromatic nitrogens is 3. The van der Waals surface area contributed by atoms with Crippen LogP contribution in [0.4, 0.5) is 15.0 Å². The van der Waals surface area contributed by atoms with Gasteiger partial charge in [0.05, 0.1) is 16.8 Å². The van der Waals surface area contributed by atoms with Crippen molar-refractivity contribution in [2.75, 3.05) is 18.8 Å². The number of hydrogen-bond donors (Lipinski definition) is 2. The number of aryl methyl sites for hydroxylation is 1. The fraction of sp³-hybridized carbons (Fsp3) is 0.333. The van der Waals surface area contributed by atoms with E-state index in [0.717, 1.165) is 35.5 Å². The number of hydrogen-bond acceptors (Lipinski definition) is 5. The minimum absolute atomic E-state index is 0.123. The van der Waals surface area contributed by atoms with E-state index in [1.165, 1.54) is 12.1 Å². The molecule has 0 radical (unpaired) electrons. The fourth-order valence-corrected chi connectivity index (χ4v) is 4.74. The van der Waals surface area contributed by atoms with Gasteiger partial charge in [-0.05, 0) is 50.1 Å². The Bertz CT molecular complexity index is 1280. The summed E-state index contributed by atoms with van der Waals surface area (Å²) in [5.41, 5.74) is 8.73. The number of nitriles is 1. The standard InChI is InChI=1S/C24H24FN7O/c1-23(2,17-3-5-18(25)6-4-17)29-22(33)31-13-24(14-31)7-8-32-20(24)10-19(30-32)16-9-15(11-26)21(27)28-12-16/h3-6,9-10,12H,7-8,13-14H2,1-2H3,(H2,27,28)(H,29,33). The molecule has 2 aromatic heterocycles. The van der Waals surface area contributed by atoms with Crippen molar-refractivity contribution in [3.63, 3.8) is 0 Å². The topological polar surface area (TPSA) is 113 Å². The minimum atomic E-state index is -0.626. The summed E-state index contributed by atoms with van der Waals surface area (Å²) >= 11 is 0. The predicted molar refractivity (Wildman–Crippen MR) is 120 cm³/mol. The highest BCUT2D eigenvalue weighted by molar-refractivity contribution is 5.77. The summed E-state index contributed by atoms with van der Waals surface area (Å²) in [4.78, 5) is 18.8. The Kier molecular flexibility index (Phi) is 4.64. The number of nitrogens with zero attached hydrogens (tertiary/aromatic N) is 5. The second-order valence-corrected chi connectivity index (χ2v) is 9.35. The van der Waals surface area contributed by atoms with Crippen molar-refractivity contribution in [1.82, 2.24) is 25.0 Å². The number of nitrogen functional groups attached to an aromatic ring is 1. The third kappa shape index (κ3) is 3.48. The van der Waals surface area contributed by atoms with Gasteiger partial charge in [-0.3, -0.25) is 4.68 Å². The highest BCUT2D eigenvalue weighted by Crippen LogP contribution is 2.44. The first-order valence-electron chi connectivity index (χ1n) is 10.8. The van der Waals surface area contributed by atoms with E-state index in [9.17, 15) is 14.4 Å².